The molecule has 2 aromatic carbocycles. The van der Waals surface area contributed by atoms with Gasteiger partial charge in [0.1, 0.15) is 5.82 Å². The molecule has 1 N–H and O–H groups in total. The Bertz CT molecular complexity index is 647. The number of rotatable bonds is 7. The molecular weight excluding hydrogens is 311 g/mol. The SMILES string of the molecule is CC(NCCCC(C#N)c1ccc(F)cc1)c1ccc(Cl)cc1. The lowest BCUT2D eigenvalue weighted by molar-refractivity contribution is 0.538. The summed E-state index contributed by atoms with van der Waals surface area (Å²) in [4.78, 5) is 0. The third-order valence-electron chi connectivity index (χ3n) is 3.92. The minimum absolute atomic E-state index is 0.191. The summed E-state index contributed by atoms with van der Waals surface area (Å²) in [7, 11) is 0. The summed E-state index contributed by atoms with van der Waals surface area (Å²) >= 11 is 5.89. The van der Waals surface area contributed by atoms with Crippen molar-refractivity contribution in [1.29, 1.82) is 5.26 Å². The molecule has 2 nitrogen and oxygen atoms in total. The Morgan fingerprint density at radius 3 is 2.30 bits per heavy atom. The van der Waals surface area contributed by atoms with E-state index in [0.717, 1.165) is 30.0 Å². The van der Waals surface area contributed by atoms with E-state index < -0.39 is 0 Å². The molecule has 0 bridgehead atoms. The molecule has 2 rings (SSSR count). The molecule has 0 saturated carbocycles. The molecule has 0 fully saturated rings. The molecule has 0 amide bonds. The smallest absolute Gasteiger partial charge is 0.123 e. The summed E-state index contributed by atoms with van der Waals surface area (Å²) in [5.41, 5.74) is 2.06. The van der Waals surface area contributed by atoms with Crippen molar-refractivity contribution >= 4 is 11.6 Å². The van der Waals surface area contributed by atoms with Crippen LogP contribution in [-0.4, -0.2) is 6.54 Å². The van der Waals surface area contributed by atoms with Crippen molar-refractivity contribution in [2.45, 2.75) is 31.7 Å². The molecule has 0 aliphatic carbocycles. The molecule has 0 radical (unpaired) electrons. The monoisotopic (exact) mass is 330 g/mol. The third-order valence-corrected chi connectivity index (χ3v) is 4.17. The van der Waals surface area contributed by atoms with Crippen LogP contribution in [0.5, 0.6) is 0 Å². The van der Waals surface area contributed by atoms with Gasteiger partial charge in [0.15, 0.2) is 0 Å². The average molecular weight is 331 g/mol. The Balaban J connectivity index is 1.78. The van der Waals surface area contributed by atoms with Crippen LogP contribution in [-0.2, 0) is 0 Å². The van der Waals surface area contributed by atoms with Crippen LogP contribution in [0, 0.1) is 17.1 Å². The quantitative estimate of drug-likeness (QED) is 0.707. The Labute approximate surface area is 141 Å². The highest BCUT2D eigenvalue weighted by atomic mass is 35.5. The molecule has 23 heavy (non-hydrogen) atoms. The van der Waals surface area contributed by atoms with Gasteiger partial charge in [-0.1, -0.05) is 35.9 Å². The Morgan fingerprint density at radius 2 is 1.70 bits per heavy atom. The zero-order valence-corrected chi connectivity index (χ0v) is 13.9. The zero-order valence-electron chi connectivity index (χ0n) is 13.1. The van der Waals surface area contributed by atoms with Gasteiger partial charge in [0, 0.05) is 11.1 Å². The molecule has 2 aromatic rings. The predicted molar refractivity (Wildman–Crippen MR) is 91.9 cm³/mol. The number of halogens is 2. The van der Waals surface area contributed by atoms with Crippen LogP contribution in [0.3, 0.4) is 0 Å². The van der Waals surface area contributed by atoms with E-state index in [1.165, 1.54) is 17.7 Å². The normalized spacial score (nSPS) is 13.3. The third kappa shape index (κ3) is 5.35. The van der Waals surface area contributed by atoms with E-state index in [9.17, 15) is 9.65 Å². The molecule has 0 saturated heterocycles. The van der Waals surface area contributed by atoms with Gasteiger partial charge in [0.05, 0.1) is 12.0 Å². The minimum atomic E-state index is -0.274. The van der Waals surface area contributed by atoms with E-state index >= 15 is 0 Å². The summed E-state index contributed by atoms with van der Waals surface area (Å²) < 4.78 is 12.9. The number of nitrogens with zero attached hydrogens (tertiary/aromatic N) is 1. The van der Waals surface area contributed by atoms with E-state index in [-0.39, 0.29) is 17.8 Å². The van der Waals surface area contributed by atoms with E-state index in [1.807, 2.05) is 24.3 Å². The van der Waals surface area contributed by atoms with Gasteiger partial charge in [0.25, 0.3) is 0 Å². The number of nitriles is 1. The standard InChI is InChI=1S/C19H20ClFN2/c1-14(15-4-8-18(20)9-5-15)23-12-2-3-17(13-22)16-6-10-19(21)11-7-16/h4-11,14,17,23H,2-3,12H2,1H3. The first-order valence-corrected chi connectivity index (χ1v) is 8.12. The number of hydrogen-bond donors (Lipinski definition) is 1. The zero-order chi connectivity index (χ0) is 16.7. The first-order valence-electron chi connectivity index (χ1n) is 7.74. The molecule has 120 valence electrons. The summed E-state index contributed by atoms with van der Waals surface area (Å²) in [6.07, 6.45) is 1.63. The summed E-state index contributed by atoms with van der Waals surface area (Å²) in [6, 6.07) is 16.5. The summed E-state index contributed by atoms with van der Waals surface area (Å²) in [6.45, 7) is 2.92. The van der Waals surface area contributed by atoms with Gasteiger partial charge < -0.3 is 5.32 Å². The molecule has 0 aromatic heterocycles. The number of benzene rings is 2. The molecule has 0 spiro atoms. The minimum Gasteiger partial charge on any atom is -0.310 e. The molecule has 2 unspecified atom stereocenters. The maximum atomic E-state index is 12.9. The molecule has 0 aliphatic heterocycles. The van der Waals surface area contributed by atoms with Crippen molar-refractivity contribution in [1.82, 2.24) is 5.32 Å². The van der Waals surface area contributed by atoms with Crippen molar-refractivity contribution in [3.8, 4) is 6.07 Å². The van der Waals surface area contributed by atoms with E-state index in [2.05, 4.69) is 18.3 Å². The maximum Gasteiger partial charge on any atom is 0.123 e. The second kappa shape index (κ2) is 8.67. The van der Waals surface area contributed by atoms with Crippen molar-refractivity contribution < 1.29 is 4.39 Å². The topological polar surface area (TPSA) is 35.8 Å². The van der Waals surface area contributed by atoms with Crippen LogP contribution in [0.2, 0.25) is 5.02 Å². The fraction of sp³-hybridized carbons (Fsp3) is 0.316. The van der Waals surface area contributed by atoms with Crippen molar-refractivity contribution in [2.75, 3.05) is 6.54 Å². The number of hydrogen-bond acceptors (Lipinski definition) is 2. The predicted octanol–water partition coefficient (Wildman–Crippen LogP) is 5.22. The molecular formula is C19H20ClFN2. The molecule has 0 aliphatic rings. The van der Waals surface area contributed by atoms with Crippen LogP contribution in [0.25, 0.3) is 0 Å². The first kappa shape index (κ1) is 17.5. The molecule has 2 atom stereocenters. The van der Waals surface area contributed by atoms with E-state index in [1.54, 1.807) is 12.1 Å². The molecule has 0 heterocycles. The fourth-order valence-electron chi connectivity index (χ4n) is 2.49. The number of nitrogens with one attached hydrogen (secondary N) is 1. The van der Waals surface area contributed by atoms with Crippen LogP contribution in [0.15, 0.2) is 48.5 Å². The van der Waals surface area contributed by atoms with Gasteiger partial charge in [-0.3, -0.25) is 0 Å². The lowest BCUT2D eigenvalue weighted by atomic mass is 9.95. The van der Waals surface area contributed by atoms with Gasteiger partial charge >= 0.3 is 0 Å². The van der Waals surface area contributed by atoms with Crippen LogP contribution in [0.1, 0.15) is 42.9 Å². The first-order chi connectivity index (χ1) is 11.1. The summed E-state index contributed by atoms with van der Waals surface area (Å²) in [5, 5.41) is 13.5. The largest absolute Gasteiger partial charge is 0.310 e. The average Bonchev–Trinajstić information content (AvgIpc) is 2.56. The van der Waals surface area contributed by atoms with Crippen molar-refractivity contribution in [3.05, 3.63) is 70.5 Å². The van der Waals surface area contributed by atoms with Crippen LogP contribution < -0.4 is 5.32 Å². The fourth-order valence-corrected chi connectivity index (χ4v) is 2.62. The molecule has 4 heteroatoms. The van der Waals surface area contributed by atoms with Gasteiger partial charge in [-0.25, -0.2) is 4.39 Å². The van der Waals surface area contributed by atoms with Gasteiger partial charge in [-0.15, -0.1) is 0 Å². The Morgan fingerprint density at radius 1 is 1.09 bits per heavy atom. The highest BCUT2D eigenvalue weighted by molar-refractivity contribution is 6.30. The van der Waals surface area contributed by atoms with Gasteiger partial charge in [0.2, 0.25) is 0 Å². The van der Waals surface area contributed by atoms with E-state index in [4.69, 9.17) is 11.6 Å². The second-order valence-electron chi connectivity index (χ2n) is 5.60. The van der Waals surface area contributed by atoms with Gasteiger partial charge in [-0.05, 0) is 61.7 Å². The second-order valence-corrected chi connectivity index (χ2v) is 6.04. The van der Waals surface area contributed by atoms with E-state index in [0.29, 0.717) is 0 Å². The van der Waals surface area contributed by atoms with Crippen LogP contribution >= 0.6 is 11.6 Å². The highest BCUT2D eigenvalue weighted by Crippen LogP contribution is 2.21. The lowest BCUT2D eigenvalue weighted by Gasteiger charge is -2.15. The van der Waals surface area contributed by atoms with Crippen LogP contribution in [0.4, 0.5) is 4.39 Å². The maximum absolute atomic E-state index is 12.9. The Hall–Kier alpha value is -1.89. The Kier molecular flexibility index (Phi) is 6.58. The highest BCUT2D eigenvalue weighted by Gasteiger charge is 2.11. The lowest BCUT2D eigenvalue weighted by Crippen LogP contribution is -2.20. The van der Waals surface area contributed by atoms with Gasteiger partial charge in [-0.2, -0.15) is 5.26 Å². The summed E-state index contributed by atoms with van der Waals surface area (Å²) in [5.74, 6) is -0.466. The van der Waals surface area contributed by atoms with Crippen molar-refractivity contribution in [3.63, 3.8) is 0 Å². The van der Waals surface area contributed by atoms with Crippen molar-refractivity contribution in [2.24, 2.45) is 0 Å².